The SMILES string of the molecule is CNC(c1cc(Br)c(F)cc1OC)C(F)(F)F. The van der Waals surface area contributed by atoms with Gasteiger partial charge in [0.2, 0.25) is 0 Å². The first kappa shape index (κ1) is 14.2. The fourth-order valence-electron chi connectivity index (χ4n) is 1.44. The lowest BCUT2D eigenvalue weighted by molar-refractivity contribution is -0.156. The highest BCUT2D eigenvalue weighted by atomic mass is 79.9. The number of methoxy groups -OCH3 is 1. The molecule has 1 N–H and O–H groups in total. The van der Waals surface area contributed by atoms with Crippen LogP contribution in [0.3, 0.4) is 0 Å². The van der Waals surface area contributed by atoms with Gasteiger partial charge in [0.05, 0.1) is 11.6 Å². The smallest absolute Gasteiger partial charge is 0.408 e. The molecular weight excluding hydrogens is 306 g/mol. The van der Waals surface area contributed by atoms with E-state index in [1.165, 1.54) is 14.2 Å². The van der Waals surface area contributed by atoms with Crippen LogP contribution < -0.4 is 10.1 Å². The van der Waals surface area contributed by atoms with E-state index < -0.39 is 18.0 Å². The van der Waals surface area contributed by atoms with Gasteiger partial charge in [-0.15, -0.1) is 0 Å². The fourth-order valence-corrected chi connectivity index (χ4v) is 1.80. The van der Waals surface area contributed by atoms with Crippen molar-refractivity contribution in [2.45, 2.75) is 12.2 Å². The predicted molar refractivity (Wildman–Crippen MR) is 58.5 cm³/mol. The van der Waals surface area contributed by atoms with Crippen LogP contribution in [-0.4, -0.2) is 20.3 Å². The first-order chi connectivity index (χ1) is 7.81. The Morgan fingerprint density at radius 3 is 2.35 bits per heavy atom. The normalized spacial score (nSPS) is 13.6. The number of ether oxygens (including phenoxy) is 1. The van der Waals surface area contributed by atoms with E-state index in [4.69, 9.17) is 4.74 Å². The summed E-state index contributed by atoms with van der Waals surface area (Å²) in [5.74, 6) is -0.829. The van der Waals surface area contributed by atoms with E-state index in [-0.39, 0.29) is 15.8 Å². The number of nitrogens with one attached hydrogen (secondary N) is 1. The first-order valence-corrected chi connectivity index (χ1v) is 5.37. The summed E-state index contributed by atoms with van der Waals surface area (Å²) in [7, 11) is 2.37. The molecule has 0 aliphatic carbocycles. The summed E-state index contributed by atoms with van der Waals surface area (Å²) in [4.78, 5) is 0. The quantitative estimate of drug-likeness (QED) is 0.863. The van der Waals surface area contributed by atoms with Gasteiger partial charge in [0, 0.05) is 11.6 Å². The van der Waals surface area contributed by atoms with E-state index >= 15 is 0 Å². The maximum absolute atomic E-state index is 13.2. The standard InChI is InChI=1S/C10H10BrF4NO/c1-16-9(10(13,14)15)5-3-6(11)7(12)4-8(5)17-2/h3-4,9,16H,1-2H3. The Balaban J connectivity index is 3.32. The molecule has 0 heterocycles. The summed E-state index contributed by atoms with van der Waals surface area (Å²) in [5.41, 5.74) is -0.171. The monoisotopic (exact) mass is 315 g/mol. The van der Waals surface area contributed by atoms with E-state index in [0.29, 0.717) is 0 Å². The van der Waals surface area contributed by atoms with Crippen LogP contribution in [0.5, 0.6) is 5.75 Å². The predicted octanol–water partition coefficient (Wildman–Crippen LogP) is 3.42. The molecule has 0 radical (unpaired) electrons. The average Bonchev–Trinajstić information content (AvgIpc) is 2.21. The van der Waals surface area contributed by atoms with E-state index in [0.717, 1.165) is 12.1 Å². The van der Waals surface area contributed by atoms with Gasteiger partial charge < -0.3 is 10.1 Å². The number of hydrogen-bond acceptors (Lipinski definition) is 2. The minimum absolute atomic E-state index is 0.0437. The van der Waals surface area contributed by atoms with Crippen molar-refractivity contribution >= 4 is 15.9 Å². The highest BCUT2D eigenvalue weighted by Crippen LogP contribution is 2.39. The molecule has 0 aromatic heterocycles. The Hall–Kier alpha value is -0.820. The molecule has 0 saturated heterocycles. The number of rotatable bonds is 3. The van der Waals surface area contributed by atoms with Crippen molar-refractivity contribution in [3.05, 3.63) is 28.0 Å². The third-order valence-electron chi connectivity index (χ3n) is 2.20. The number of halogens is 5. The second-order valence-corrected chi connectivity index (χ2v) is 4.13. The Labute approximate surface area is 104 Å². The molecule has 96 valence electrons. The molecule has 1 unspecified atom stereocenters. The molecule has 1 atom stereocenters. The van der Waals surface area contributed by atoms with Gasteiger partial charge in [0.1, 0.15) is 17.6 Å². The lowest BCUT2D eigenvalue weighted by Gasteiger charge is -2.22. The number of benzene rings is 1. The molecule has 0 saturated carbocycles. The summed E-state index contributed by atoms with van der Waals surface area (Å²) in [6, 6.07) is 0.0625. The van der Waals surface area contributed by atoms with Gasteiger partial charge >= 0.3 is 6.18 Å². The molecule has 1 aromatic carbocycles. The maximum Gasteiger partial charge on any atom is 0.408 e. The summed E-state index contributed by atoms with van der Waals surface area (Å²) in [6.07, 6.45) is -4.49. The van der Waals surface area contributed by atoms with Gasteiger partial charge in [-0.1, -0.05) is 0 Å². The number of hydrogen-bond donors (Lipinski definition) is 1. The van der Waals surface area contributed by atoms with Crippen molar-refractivity contribution in [3.8, 4) is 5.75 Å². The second-order valence-electron chi connectivity index (χ2n) is 3.27. The minimum atomic E-state index is -4.49. The zero-order chi connectivity index (χ0) is 13.2. The maximum atomic E-state index is 13.2. The Morgan fingerprint density at radius 1 is 1.35 bits per heavy atom. The van der Waals surface area contributed by atoms with Gasteiger partial charge in [-0.05, 0) is 29.0 Å². The molecule has 0 aliphatic heterocycles. The van der Waals surface area contributed by atoms with Crippen molar-refractivity contribution in [2.24, 2.45) is 0 Å². The summed E-state index contributed by atoms with van der Waals surface area (Å²) < 4.78 is 56.1. The molecule has 0 spiro atoms. The highest BCUT2D eigenvalue weighted by Gasteiger charge is 2.41. The largest absolute Gasteiger partial charge is 0.496 e. The Kier molecular flexibility index (Phi) is 4.37. The van der Waals surface area contributed by atoms with E-state index in [1.807, 2.05) is 0 Å². The van der Waals surface area contributed by atoms with Crippen LogP contribution in [0.4, 0.5) is 17.6 Å². The van der Waals surface area contributed by atoms with Crippen LogP contribution in [0, 0.1) is 5.82 Å². The highest BCUT2D eigenvalue weighted by molar-refractivity contribution is 9.10. The van der Waals surface area contributed by atoms with Gasteiger partial charge in [0.25, 0.3) is 0 Å². The van der Waals surface area contributed by atoms with Crippen LogP contribution in [0.25, 0.3) is 0 Å². The molecule has 2 nitrogen and oxygen atoms in total. The lowest BCUT2D eigenvalue weighted by Crippen LogP contribution is -2.32. The topological polar surface area (TPSA) is 21.3 Å². The van der Waals surface area contributed by atoms with Crippen LogP contribution in [-0.2, 0) is 0 Å². The third kappa shape index (κ3) is 3.10. The second kappa shape index (κ2) is 5.22. The zero-order valence-electron chi connectivity index (χ0n) is 9.03. The van der Waals surface area contributed by atoms with Crippen molar-refractivity contribution in [3.63, 3.8) is 0 Å². The Bertz CT molecular complexity index is 408. The lowest BCUT2D eigenvalue weighted by atomic mass is 10.1. The van der Waals surface area contributed by atoms with E-state index in [1.54, 1.807) is 0 Å². The average molecular weight is 316 g/mol. The van der Waals surface area contributed by atoms with Crippen molar-refractivity contribution in [1.82, 2.24) is 5.32 Å². The van der Waals surface area contributed by atoms with Gasteiger partial charge in [-0.3, -0.25) is 0 Å². The summed E-state index contributed by atoms with van der Waals surface area (Å²) in [5, 5.41) is 2.13. The molecule has 0 bridgehead atoms. The molecule has 0 fully saturated rings. The minimum Gasteiger partial charge on any atom is -0.496 e. The van der Waals surface area contributed by atoms with Crippen LogP contribution >= 0.6 is 15.9 Å². The molecule has 7 heteroatoms. The molecule has 0 aliphatic rings. The molecular formula is C10H10BrF4NO. The van der Waals surface area contributed by atoms with Gasteiger partial charge in [0.15, 0.2) is 0 Å². The van der Waals surface area contributed by atoms with Crippen LogP contribution in [0.2, 0.25) is 0 Å². The van der Waals surface area contributed by atoms with Gasteiger partial charge in [-0.25, -0.2) is 4.39 Å². The fraction of sp³-hybridized carbons (Fsp3) is 0.400. The van der Waals surface area contributed by atoms with Crippen LogP contribution in [0.1, 0.15) is 11.6 Å². The third-order valence-corrected chi connectivity index (χ3v) is 2.81. The molecule has 1 aromatic rings. The zero-order valence-corrected chi connectivity index (χ0v) is 10.6. The van der Waals surface area contributed by atoms with Gasteiger partial charge in [-0.2, -0.15) is 13.2 Å². The summed E-state index contributed by atoms with van der Waals surface area (Å²) in [6.45, 7) is 0. The molecule has 17 heavy (non-hydrogen) atoms. The first-order valence-electron chi connectivity index (χ1n) is 4.58. The van der Waals surface area contributed by atoms with E-state index in [9.17, 15) is 17.6 Å². The summed E-state index contributed by atoms with van der Waals surface area (Å²) >= 11 is 2.85. The molecule has 1 rings (SSSR count). The van der Waals surface area contributed by atoms with Crippen molar-refractivity contribution in [1.29, 1.82) is 0 Å². The Morgan fingerprint density at radius 2 is 1.94 bits per heavy atom. The van der Waals surface area contributed by atoms with E-state index in [2.05, 4.69) is 21.2 Å². The number of alkyl halides is 3. The molecule has 0 amide bonds. The van der Waals surface area contributed by atoms with Crippen molar-refractivity contribution < 1.29 is 22.3 Å². The van der Waals surface area contributed by atoms with Crippen LogP contribution in [0.15, 0.2) is 16.6 Å². The van der Waals surface area contributed by atoms with Crippen molar-refractivity contribution in [2.75, 3.05) is 14.2 Å².